The first-order valence-corrected chi connectivity index (χ1v) is 10.7. The summed E-state index contributed by atoms with van der Waals surface area (Å²) in [5.41, 5.74) is 3.82. The van der Waals surface area contributed by atoms with Crippen molar-refractivity contribution in [2.75, 3.05) is 11.9 Å². The van der Waals surface area contributed by atoms with Gasteiger partial charge in [0.05, 0.1) is 34.9 Å². The van der Waals surface area contributed by atoms with Gasteiger partial charge in [0.1, 0.15) is 11.8 Å². The maximum absolute atomic E-state index is 13.0. The summed E-state index contributed by atoms with van der Waals surface area (Å²) in [7, 11) is 0. The van der Waals surface area contributed by atoms with Crippen molar-refractivity contribution in [3.8, 4) is 28.7 Å². The monoisotopic (exact) mass is 479 g/mol. The van der Waals surface area contributed by atoms with E-state index in [1.165, 1.54) is 6.20 Å². The molecule has 0 atom stereocenters. The zero-order chi connectivity index (χ0) is 24.5. The number of alkyl halides is 2. The number of nitriles is 1. The Hall–Kier alpha value is -4.60. The molecule has 1 amide bonds. The second kappa shape index (κ2) is 8.98. The van der Waals surface area contributed by atoms with Crippen molar-refractivity contribution >= 4 is 17.3 Å². The first-order chi connectivity index (χ1) is 16.9. The van der Waals surface area contributed by atoms with Gasteiger partial charge in [-0.2, -0.15) is 23.8 Å². The van der Waals surface area contributed by atoms with Crippen LogP contribution in [0.5, 0.6) is 0 Å². The molecule has 11 nitrogen and oxygen atoms in total. The third-order valence-corrected chi connectivity index (χ3v) is 5.92. The Morgan fingerprint density at radius 3 is 2.80 bits per heavy atom. The minimum absolute atomic E-state index is 0.0649. The molecule has 0 unspecified atom stereocenters. The van der Waals surface area contributed by atoms with Crippen LogP contribution in [0.2, 0.25) is 0 Å². The molecule has 5 rings (SSSR count). The number of halogens is 2. The van der Waals surface area contributed by atoms with Gasteiger partial charge in [-0.25, -0.2) is 9.31 Å². The Labute approximate surface area is 197 Å². The van der Waals surface area contributed by atoms with Crippen LogP contribution >= 0.6 is 0 Å². The van der Waals surface area contributed by atoms with E-state index < -0.39 is 12.6 Å². The molecule has 0 bridgehead atoms. The van der Waals surface area contributed by atoms with Crippen LogP contribution in [0.1, 0.15) is 25.0 Å². The number of nitrogens with one attached hydrogen (secondary N) is 2. The maximum Gasteiger partial charge on any atom is 0.404 e. The number of nitrogens with zero attached hydrogens (tertiary/aromatic N) is 7. The van der Waals surface area contributed by atoms with Gasteiger partial charge in [0.25, 0.3) is 0 Å². The molecular weight excluding hydrogens is 460 g/mol. The fourth-order valence-corrected chi connectivity index (χ4v) is 4.14. The predicted molar refractivity (Wildman–Crippen MR) is 120 cm³/mol. The molecule has 4 aromatic rings. The maximum atomic E-state index is 13.0. The number of fused-ring (bicyclic) bond motifs is 1. The molecule has 1 aliphatic rings. The van der Waals surface area contributed by atoms with Crippen molar-refractivity contribution in [3.05, 3.63) is 48.4 Å². The molecule has 35 heavy (non-hydrogen) atoms. The molecule has 178 valence electrons. The summed E-state index contributed by atoms with van der Waals surface area (Å²) in [6.45, 7) is -2.44. The summed E-state index contributed by atoms with van der Waals surface area (Å²) in [6, 6.07) is 9.29. The molecule has 1 saturated carbocycles. The van der Waals surface area contributed by atoms with Crippen LogP contribution in [-0.4, -0.2) is 53.4 Å². The number of rotatable bonds is 7. The first kappa shape index (κ1) is 22.2. The summed E-state index contributed by atoms with van der Waals surface area (Å²) in [6.07, 6.45) is 4.60. The molecule has 0 aromatic carbocycles. The molecule has 4 heterocycles. The van der Waals surface area contributed by atoms with Crippen molar-refractivity contribution in [2.45, 2.75) is 25.4 Å². The fourth-order valence-electron chi connectivity index (χ4n) is 4.14. The number of carboxylic acid groups (broad SMARTS) is 1. The number of hydrogen-bond donors (Lipinski definition) is 3. The number of pyridine rings is 1. The fraction of sp³-hybridized carbons (Fsp3) is 0.273. The largest absolute Gasteiger partial charge is 0.465 e. The van der Waals surface area contributed by atoms with Gasteiger partial charge in [0.15, 0.2) is 0 Å². The highest BCUT2D eigenvalue weighted by Gasteiger charge is 2.30. The third kappa shape index (κ3) is 4.45. The van der Waals surface area contributed by atoms with E-state index in [1.807, 2.05) is 12.1 Å². The van der Waals surface area contributed by atoms with E-state index in [0.29, 0.717) is 39.4 Å². The van der Waals surface area contributed by atoms with Gasteiger partial charge < -0.3 is 15.7 Å². The van der Waals surface area contributed by atoms with Gasteiger partial charge in [0.2, 0.25) is 0 Å². The second-order valence-electron chi connectivity index (χ2n) is 8.25. The van der Waals surface area contributed by atoms with Crippen LogP contribution in [0, 0.1) is 17.2 Å². The third-order valence-electron chi connectivity index (χ3n) is 5.92. The average molecular weight is 479 g/mol. The lowest BCUT2D eigenvalue weighted by Crippen LogP contribution is -2.41. The molecule has 0 aliphatic heterocycles. The Morgan fingerprint density at radius 1 is 1.26 bits per heavy atom. The molecule has 13 heteroatoms. The summed E-state index contributed by atoms with van der Waals surface area (Å²) < 4.78 is 28.2. The number of amides is 1. The molecule has 3 N–H and O–H groups in total. The lowest BCUT2D eigenvalue weighted by atomic mass is 9.80. The Kier molecular flexibility index (Phi) is 5.69. The second-order valence-corrected chi connectivity index (χ2v) is 8.25. The first-order valence-electron chi connectivity index (χ1n) is 10.7. The smallest absolute Gasteiger partial charge is 0.404 e. The van der Waals surface area contributed by atoms with E-state index >= 15 is 0 Å². The standard InChI is InChI=1S/C22H19F2N9O2/c23-21(24)32-11-19(30-31-32)16-10-26-18(20-2-1-15-5-13(7-25)9-28-33(15)20)6-17(16)29-14-3-12(4-14)8-27-22(34)35/h1-2,5-6,9-12,14,21,27H,3-4,8H2,(H,26,29)(H,34,35)/t12-,14-. The van der Waals surface area contributed by atoms with Gasteiger partial charge in [-0.1, -0.05) is 5.21 Å². The quantitative estimate of drug-likeness (QED) is 0.366. The number of aromatic nitrogens is 6. The normalized spacial score (nSPS) is 17.2. The predicted octanol–water partition coefficient (Wildman–Crippen LogP) is 3.38. The Balaban J connectivity index is 1.46. The minimum Gasteiger partial charge on any atom is -0.465 e. The minimum atomic E-state index is -2.81. The van der Waals surface area contributed by atoms with Crippen molar-refractivity contribution in [1.82, 2.24) is 34.9 Å². The van der Waals surface area contributed by atoms with Gasteiger partial charge in [-0.05, 0) is 43.0 Å². The molecule has 1 fully saturated rings. The molecule has 4 aromatic heterocycles. The highest BCUT2D eigenvalue weighted by Crippen LogP contribution is 2.35. The highest BCUT2D eigenvalue weighted by atomic mass is 19.3. The molecular formula is C22H19F2N9O2. The van der Waals surface area contributed by atoms with Crippen LogP contribution in [-0.2, 0) is 0 Å². The Bertz CT molecular complexity index is 1440. The van der Waals surface area contributed by atoms with E-state index in [4.69, 9.17) is 10.4 Å². The van der Waals surface area contributed by atoms with Gasteiger partial charge in [-0.3, -0.25) is 4.98 Å². The zero-order valence-corrected chi connectivity index (χ0v) is 18.1. The number of carbonyl (C=O) groups is 1. The summed E-state index contributed by atoms with van der Waals surface area (Å²) in [4.78, 5) is 15.2. The SMILES string of the molecule is N#Cc1cnn2c(-c3cc(N[C@H]4C[C@H](CNC(=O)O)C4)c(-c4cn(C(F)F)nn4)cn3)ccc2c1. The number of hydrogen-bond acceptors (Lipinski definition) is 7. The molecule has 0 spiro atoms. The van der Waals surface area contributed by atoms with Crippen molar-refractivity contribution in [1.29, 1.82) is 5.26 Å². The van der Waals surface area contributed by atoms with Crippen molar-refractivity contribution in [2.24, 2.45) is 5.92 Å². The van der Waals surface area contributed by atoms with Crippen LogP contribution in [0.25, 0.3) is 28.2 Å². The molecule has 0 saturated heterocycles. The van der Waals surface area contributed by atoms with Crippen LogP contribution < -0.4 is 10.6 Å². The summed E-state index contributed by atoms with van der Waals surface area (Å²) in [5, 5.41) is 35.4. The summed E-state index contributed by atoms with van der Waals surface area (Å²) >= 11 is 0. The molecule has 0 radical (unpaired) electrons. The lowest BCUT2D eigenvalue weighted by molar-refractivity contribution is 0.0546. The molecule has 1 aliphatic carbocycles. The average Bonchev–Trinajstić information content (AvgIpc) is 3.47. The zero-order valence-electron chi connectivity index (χ0n) is 18.1. The van der Waals surface area contributed by atoms with E-state index in [9.17, 15) is 13.6 Å². The van der Waals surface area contributed by atoms with Crippen LogP contribution in [0.3, 0.4) is 0 Å². The van der Waals surface area contributed by atoms with Gasteiger partial charge in [0, 0.05) is 30.0 Å². The van der Waals surface area contributed by atoms with E-state index in [2.05, 4.69) is 37.1 Å². The summed E-state index contributed by atoms with van der Waals surface area (Å²) in [5.74, 6) is 0.209. The highest BCUT2D eigenvalue weighted by molar-refractivity contribution is 5.79. The van der Waals surface area contributed by atoms with Gasteiger partial charge >= 0.3 is 12.6 Å². The van der Waals surface area contributed by atoms with Crippen molar-refractivity contribution < 1.29 is 18.7 Å². The van der Waals surface area contributed by atoms with E-state index in [0.717, 1.165) is 24.6 Å². The van der Waals surface area contributed by atoms with Crippen molar-refractivity contribution in [3.63, 3.8) is 0 Å². The van der Waals surface area contributed by atoms with E-state index in [-0.39, 0.29) is 17.7 Å². The Morgan fingerprint density at radius 2 is 2.09 bits per heavy atom. The van der Waals surface area contributed by atoms with E-state index in [1.54, 1.807) is 22.8 Å². The topological polar surface area (TPSA) is 146 Å². The number of anilines is 1. The lowest BCUT2D eigenvalue weighted by Gasteiger charge is -2.36. The van der Waals surface area contributed by atoms with Gasteiger partial charge in [-0.15, -0.1) is 5.10 Å². The van der Waals surface area contributed by atoms with Crippen LogP contribution in [0.4, 0.5) is 19.3 Å². The van der Waals surface area contributed by atoms with Crippen LogP contribution in [0.15, 0.2) is 42.9 Å².